The van der Waals surface area contributed by atoms with Crippen LogP contribution in [0.2, 0.25) is 0 Å². The van der Waals surface area contributed by atoms with Gasteiger partial charge < -0.3 is 5.32 Å². The Labute approximate surface area is 121 Å². The van der Waals surface area contributed by atoms with E-state index in [1.54, 1.807) is 12.1 Å². The maximum atomic E-state index is 12.0. The van der Waals surface area contributed by atoms with Crippen molar-refractivity contribution in [1.82, 2.24) is 4.72 Å². The first-order valence-electron chi connectivity index (χ1n) is 5.99. The van der Waals surface area contributed by atoms with Gasteiger partial charge in [0, 0.05) is 23.5 Å². The van der Waals surface area contributed by atoms with Gasteiger partial charge in [-0.15, -0.1) is 0 Å². The SMILES string of the molecule is O=C(CCBr)Nc1cccc(S(=O)(=O)NC2CC2)c1. The summed E-state index contributed by atoms with van der Waals surface area (Å²) < 4.78 is 26.6. The number of carbonyl (C=O) groups excluding carboxylic acids is 1. The number of hydrogen-bond donors (Lipinski definition) is 2. The molecule has 0 heterocycles. The van der Waals surface area contributed by atoms with Gasteiger partial charge in [-0.2, -0.15) is 0 Å². The molecule has 1 aromatic rings. The molecule has 0 spiro atoms. The Morgan fingerprint density at radius 1 is 1.37 bits per heavy atom. The van der Waals surface area contributed by atoms with Crippen molar-refractivity contribution in [3.8, 4) is 0 Å². The highest BCUT2D eigenvalue weighted by Crippen LogP contribution is 2.23. The summed E-state index contributed by atoms with van der Waals surface area (Å²) in [6.45, 7) is 0. The average molecular weight is 347 g/mol. The minimum Gasteiger partial charge on any atom is -0.326 e. The average Bonchev–Trinajstić information content (AvgIpc) is 3.13. The van der Waals surface area contributed by atoms with Crippen molar-refractivity contribution in [2.75, 3.05) is 10.6 Å². The van der Waals surface area contributed by atoms with E-state index < -0.39 is 10.0 Å². The van der Waals surface area contributed by atoms with Crippen LogP contribution in [0.5, 0.6) is 0 Å². The van der Waals surface area contributed by atoms with Gasteiger partial charge in [-0.3, -0.25) is 4.79 Å². The van der Waals surface area contributed by atoms with E-state index in [0.717, 1.165) is 12.8 Å². The summed E-state index contributed by atoms with van der Waals surface area (Å²) in [5.74, 6) is -0.151. The quantitative estimate of drug-likeness (QED) is 0.772. The third-order valence-corrected chi connectivity index (χ3v) is 4.56. The Bertz CT molecular complexity index is 570. The minimum absolute atomic E-state index is 0.0663. The van der Waals surface area contributed by atoms with Crippen LogP contribution >= 0.6 is 15.9 Å². The van der Waals surface area contributed by atoms with Gasteiger partial charge in [-0.25, -0.2) is 13.1 Å². The molecule has 0 atom stereocenters. The van der Waals surface area contributed by atoms with E-state index >= 15 is 0 Å². The van der Waals surface area contributed by atoms with Gasteiger partial charge in [0.1, 0.15) is 0 Å². The molecule has 2 rings (SSSR count). The summed E-state index contributed by atoms with van der Waals surface area (Å²) in [5, 5.41) is 3.23. The topological polar surface area (TPSA) is 75.3 Å². The Kier molecular flexibility index (Phi) is 4.59. The predicted molar refractivity (Wildman–Crippen MR) is 76.8 cm³/mol. The zero-order valence-electron chi connectivity index (χ0n) is 10.2. The number of halogens is 1. The molecule has 1 aliphatic rings. The molecule has 0 radical (unpaired) electrons. The molecule has 2 N–H and O–H groups in total. The molecule has 0 saturated heterocycles. The first-order chi connectivity index (χ1) is 9.01. The van der Waals surface area contributed by atoms with Crippen LogP contribution < -0.4 is 10.0 Å². The van der Waals surface area contributed by atoms with Crippen LogP contribution in [-0.4, -0.2) is 25.7 Å². The van der Waals surface area contributed by atoms with Crippen molar-refractivity contribution in [2.45, 2.75) is 30.2 Å². The third-order valence-electron chi connectivity index (χ3n) is 2.65. The van der Waals surface area contributed by atoms with Gasteiger partial charge in [0.05, 0.1) is 4.90 Å². The van der Waals surface area contributed by atoms with Crippen molar-refractivity contribution in [3.63, 3.8) is 0 Å². The van der Waals surface area contributed by atoms with E-state index in [1.807, 2.05) is 0 Å². The number of carbonyl (C=O) groups is 1. The fourth-order valence-corrected chi connectivity index (χ4v) is 3.25. The second kappa shape index (κ2) is 6.02. The van der Waals surface area contributed by atoms with Crippen LogP contribution in [0, 0.1) is 0 Å². The highest BCUT2D eigenvalue weighted by atomic mass is 79.9. The first kappa shape index (κ1) is 14.5. The van der Waals surface area contributed by atoms with Crippen LogP contribution in [0.25, 0.3) is 0 Å². The Morgan fingerprint density at radius 2 is 2.11 bits per heavy atom. The van der Waals surface area contributed by atoms with E-state index in [0.29, 0.717) is 17.4 Å². The van der Waals surface area contributed by atoms with E-state index in [4.69, 9.17) is 0 Å². The van der Waals surface area contributed by atoms with E-state index in [9.17, 15) is 13.2 Å². The highest BCUT2D eigenvalue weighted by molar-refractivity contribution is 9.09. The minimum atomic E-state index is -3.48. The van der Waals surface area contributed by atoms with Gasteiger partial charge in [0.15, 0.2) is 0 Å². The molecule has 1 amide bonds. The number of sulfonamides is 1. The molecule has 0 aliphatic heterocycles. The second-order valence-corrected chi connectivity index (χ2v) is 6.92. The van der Waals surface area contributed by atoms with Crippen LogP contribution in [0.3, 0.4) is 0 Å². The Hall–Kier alpha value is -0.920. The van der Waals surface area contributed by atoms with Crippen molar-refractivity contribution in [2.24, 2.45) is 0 Å². The molecular formula is C12H15BrN2O3S. The van der Waals surface area contributed by atoms with Crippen LogP contribution in [-0.2, 0) is 14.8 Å². The lowest BCUT2D eigenvalue weighted by Crippen LogP contribution is -2.25. The molecule has 0 aromatic heterocycles. The molecule has 1 saturated carbocycles. The number of amides is 1. The lowest BCUT2D eigenvalue weighted by Gasteiger charge is -2.08. The molecule has 1 aromatic carbocycles. The number of rotatable bonds is 6. The number of benzene rings is 1. The van der Waals surface area contributed by atoms with Crippen molar-refractivity contribution < 1.29 is 13.2 Å². The Morgan fingerprint density at radius 3 is 2.74 bits per heavy atom. The number of hydrogen-bond acceptors (Lipinski definition) is 3. The first-order valence-corrected chi connectivity index (χ1v) is 8.60. The van der Waals surface area contributed by atoms with E-state index in [1.165, 1.54) is 12.1 Å². The molecule has 7 heteroatoms. The summed E-state index contributed by atoms with van der Waals surface area (Å²) in [6, 6.07) is 6.34. The van der Waals surface area contributed by atoms with E-state index in [-0.39, 0.29) is 16.8 Å². The lowest BCUT2D eigenvalue weighted by atomic mass is 10.3. The van der Waals surface area contributed by atoms with Crippen LogP contribution in [0.1, 0.15) is 19.3 Å². The van der Waals surface area contributed by atoms with E-state index in [2.05, 4.69) is 26.0 Å². The molecular weight excluding hydrogens is 332 g/mol. The molecule has 19 heavy (non-hydrogen) atoms. The molecule has 0 bridgehead atoms. The number of nitrogens with one attached hydrogen (secondary N) is 2. The lowest BCUT2D eigenvalue weighted by molar-refractivity contribution is -0.115. The van der Waals surface area contributed by atoms with Gasteiger partial charge in [0.25, 0.3) is 0 Å². The van der Waals surface area contributed by atoms with Crippen LogP contribution in [0.4, 0.5) is 5.69 Å². The molecule has 0 unspecified atom stereocenters. The molecule has 1 aliphatic carbocycles. The second-order valence-electron chi connectivity index (χ2n) is 4.41. The zero-order chi connectivity index (χ0) is 13.9. The van der Waals surface area contributed by atoms with Gasteiger partial charge >= 0.3 is 0 Å². The van der Waals surface area contributed by atoms with Gasteiger partial charge in [-0.1, -0.05) is 22.0 Å². The summed E-state index contributed by atoms with van der Waals surface area (Å²) in [5.41, 5.74) is 0.490. The smallest absolute Gasteiger partial charge is 0.240 e. The maximum absolute atomic E-state index is 12.0. The predicted octanol–water partition coefficient (Wildman–Crippen LogP) is 1.85. The number of anilines is 1. The fourth-order valence-electron chi connectivity index (χ4n) is 1.54. The maximum Gasteiger partial charge on any atom is 0.240 e. The summed E-state index contributed by atoms with van der Waals surface area (Å²) >= 11 is 3.18. The normalized spacial score (nSPS) is 15.2. The molecule has 5 nitrogen and oxygen atoms in total. The third kappa shape index (κ3) is 4.29. The van der Waals surface area contributed by atoms with Crippen LogP contribution in [0.15, 0.2) is 29.2 Å². The highest BCUT2D eigenvalue weighted by Gasteiger charge is 2.28. The monoisotopic (exact) mass is 346 g/mol. The van der Waals surface area contributed by atoms with Crippen molar-refractivity contribution >= 4 is 37.5 Å². The number of alkyl halides is 1. The van der Waals surface area contributed by atoms with Gasteiger partial charge in [-0.05, 0) is 31.0 Å². The van der Waals surface area contributed by atoms with Crippen molar-refractivity contribution in [3.05, 3.63) is 24.3 Å². The summed E-state index contributed by atoms with van der Waals surface area (Å²) in [6.07, 6.45) is 2.12. The molecule has 104 valence electrons. The standard InChI is InChI=1S/C12H15BrN2O3S/c13-7-6-12(16)14-10-2-1-3-11(8-10)19(17,18)15-9-4-5-9/h1-3,8-9,15H,4-7H2,(H,14,16). The summed E-state index contributed by atoms with van der Waals surface area (Å²) in [7, 11) is -3.48. The summed E-state index contributed by atoms with van der Waals surface area (Å²) in [4.78, 5) is 11.6. The van der Waals surface area contributed by atoms with Gasteiger partial charge in [0.2, 0.25) is 15.9 Å². The van der Waals surface area contributed by atoms with Crippen molar-refractivity contribution in [1.29, 1.82) is 0 Å². The molecule has 1 fully saturated rings. The zero-order valence-corrected chi connectivity index (χ0v) is 12.6. The Balaban J connectivity index is 2.11. The fraction of sp³-hybridized carbons (Fsp3) is 0.417. The largest absolute Gasteiger partial charge is 0.326 e.